The van der Waals surface area contributed by atoms with E-state index >= 15 is 0 Å². The van der Waals surface area contributed by atoms with Gasteiger partial charge in [-0.15, -0.1) is 0 Å². The summed E-state index contributed by atoms with van der Waals surface area (Å²) < 4.78 is 1.81. The van der Waals surface area contributed by atoms with E-state index < -0.39 is 0 Å². The van der Waals surface area contributed by atoms with Gasteiger partial charge >= 0.3 is 0 Å². The Morgan fingerprint density at radius 2 is 1.97 bits per heavy atom. The fraction of sp³-hybridized carbons (Fsp3) is 0.364. The molecule has 4 rings (SSSR count). The van der Waals surface area contributed by atoms with E-state index in [1.807, 2.05) is 47.5 Å². The van der Waals surface area contributed by atoms with E-state index in [9.17, 15) is 0 Å². The molecule has 1 saturated heterocycles. The molecule has 0 spiro atoms. The summed E-state index contributed by atoms with van der Waals surface area (Å²) in [6.45, 7) is 4.08. The van der Waals surface area contributed by atoms with Gasteiger partial charge < -0.3 is 15.5 Å². The first-order chi connectivity index (χ1) is 14.2. The quantitative estimate of drug-likeness (QED) is 0.608. The van der Waals surface area contributed by atoms with Gasteiger partial charge in [-0.2, -0.15) is 5.10 Å². The minimum absolute atomic E-state index is 0.697. The van der Waals surface area contributed by atoms with Crippen LogP contribution in [0.2, 0.25) is 5.02 Å². The number of benzene rings is 1. The second-order valence-electron chi connectivity index (χ2n) is 7.69. The van der Waals surface area contributed by atoms with Gasteiger partial charge in [-0.3, -0.25) is 0 Å². The van der Waals surface area contributed by atoms with Gasteiger partial charge in [0.05, 0.1) is 23.8 Å². The molecule has 0 unspecified atom stereocenters. The highest BCUT2D eigenvalue weighted by Gasteiger charge is 2.16. The van der Waals surface area contributed by atoms with Crippen molar-refractivity contribution in [2.24, 2.45) is 5.92 Å². The smallest absolute Gasteiger partial charge is 0.125 e. The van der Waals surface area contributed by atoms with Gasteiger partial charge in [0.1, 0.15) is 5.82 Å². The van der Waals surface area contributed by atoms with Gasteiger partial charge in [-0.05, 0) is 68.7 Å². The number of anilines is 2. The first kappa shape index (κ1) is 19.7. The summed E-state index contributed by atoms with van der Waals surface area (Å²) in [6.07, 6.45) is 8.20. The number of hydrogen-bond acceptors (Lipinski definition) is 5. The topological polar surface area (TPSA) is 58.0 Å². The van der Waals surface area contributed by atoms with E-state index in [0.29, 0.717) is 11.6 Å². The summed E-state index contributed by atoms with van der Waals surface area (Å²) in [7, 11) is 2.19. The molecule has 0 amide bonds. The minimum Gasteiger partial charge on any atom is -0.378 e. The van der Waals surface area contributed by atoms with Crippen LogP contribution in [0.1, 0.15) is 18.4 Å². The summed E-state index contributed by atoms with van der Waals surface area (Å²) in [5, 5.41) is 12.0. The molecule has 2 N–H and O–H groups in total. The van der Waals surface area contributed by atoms with Crippen molar-refractivity contribution < 1.29 is 0 Å². The lowest BCUT2D eigenvalue weighted by molar-refractivity contribution is 0.226. The molecule has 1 aliphatic heterocycles. The summed E-state index contributed by atoms with van der Waals surface area (Å²) in [5.74, 6) is 1.69. The van der Waals surface area contributed by atoms with Crippen LogP contribution in [0.15, 0.2) is 55.0 Å². The number of halogens is 1. The molecule has 7 heteroatoms. The Kier molecular flexibility index (Phi) is 6.32. The van der Waals surface area contributed by atoms with Crippen molar-refractivity contribution in [1.82, 2.24) is 19.7 Å². The summed E-state index contributed by atoms with van der Waals surface area (Å²) in [5.41, 5.74) is 3.02. The predicted molar refractivity (Wildman–Crippen MR) is 119 cm³/mol. The monoisotopic (exact) mass is 410 g/mol. The van der Waals surface area contributed by atoms with Crippen LogP contribution in [0.4, 0.5) is 11.5 Å². The zero-order chi connectivity index (χ0) is 20.1. The lowest BCUT2D eigenvalue weighted by Crippen LogP contribution is -2.33. The second-order valence-corrected chi connectivity index (χ2v) is 8.12. The lowest BCUT2D eigenvalue weighted by atomic mass is 9.97. The fourth-order valence-electron chi connectivity index (χ4n) is 3.53. The van der Waals surface area contributed by atoms with Crippen LogP contribution in [-0.4, -0.2) is 46.3 Å². The maximum absolute atomic E-state index is 6.06. The predicted octanol–water partition coefficient (Wildman–Crippen LogP) is 4.29. The highest BCUT2D eigenvalue weighted by molar-refractivity contribution is 6.30. The molecule has 0 saturated carbocycles. The molecule has 0 bridgehead atoms. The molecular formula is C22H27ClN6. The third kappa shape index (κ3) is 5.49. The Morgan fingerprint density at radius 3 is 2.72 bits per heavy atom. The van der Waals surface area contributed by atoms with Crippen molar-refractivity contribution in [1.29, 1.82) is 0 Å². The third-order valence-electron chi connectivity index (χ3n) is 5.39. The summed E-state index contributed by atoms with van der Waals surface area (Å²) in [4.78, 5) is 6.95. The maximum Gasteiger partial charge on any atom is 0.125 e. The Hall–Kier alpha value is -2.57. The zero-order valence-electron chi connectivity index (χ0n) is 16.7. The van der Waals surface area contributed by atoms with Crippen LogP contribution in [0.3, 0.4) is 0 Å². The first-order valence-corrected chi connectivity index (χ1v) is 10.5. The molecule has 0 aliphatic carbocycles. The van der Waals surface area contributed by atoms with Crippen LogP contribution in [0.5, 0.6) is 0 Å². The molecule has 6 nitrogen and oxygen atoms in total. The molecule has 1 fully saturated rings. The van der Waals surface area contributed by atoms with Crippen molar-refractivity contribution in [2.75, 3.05) is 37.3 Å². The van der Waals surface area contributed by atoms with E-state index in [1.54, 1.807) is 0 Å². The largest absolute Gasteiger partial charge is 0.378 e. The van der Waals surface area contributed by atoms with Crippen LogP contribution in [0.25, 0.3) is 5.69 Å². The highest BCUT2D eigenvalue weighted by Crippen LogP contribution is 2.18. The normalized spacial score (nSPS) is 15.4. The molecule has 1 aliphatic rings. The molecule has 152 valence electrons. The molecule has 1 aromatic carbocycles. The van der Waals surface area contributed by atoms with E-state index in [2.05, 4.69) is 44.8 Å². The number of aromatic nitrogens is 3. The minimum atomic E-state index is 0.697. The number of piperidine rings is 1. The van der Waals surface area contributed by atoms with Crippen molar-refractivity contribution in [3.63, 3.8) is 0 Å². The molecular weight excluding hydrogens is 384 g/mol. The van der Waals surface area contributed by atoms with Gasteiger partial charge in [-0.25, -0.2) is 9.67 Å². The van der Waals surface area contributed by atoms with Gasteiger partial charge in [0.15, 0.2) is 0 Å². The Balaban J connectivity index is 1.26. The molecule has 29 heavy (non-hydrogen) atoms. The van der Waals surface area contributed by atoms with Crippen LogP contribution in [-0.2, 0) is 6.54 Å². The number of pyridine rings is 1. The van der Waals surface area contributed by atoms with E-state index in [0.717, 1.165) is 35.2 Å². The van der Waals surface area contributed by atoms with E-state index in [4.69, 9.17) is 11.6 Å². The number of nitrogens with zero attached hydrogens (tertiary/aromatic N) is 4. The van der Waals surface area contributed by atoms with E-state index in [1.165, 1.54) is 25.9 Å². The summed E-state index contributed by atoms with van der Waals surface area (Å²) >= 11 is 6.06. The standard InChI is InChI=1S/C22H27ClN6/c1-28-9-7-17(8-10-28)12-25-22-6-5-18(14-26-22)13-24-20-15-27-29(16-20)21-4-2-3-19(23)11-21/h2-6,11,14-17,24H,7-10,12-13H2,1H3,(H,25,26). The second kappa shape index (κ2) is 9.29. The Bertz CT molecular complexity index is 915. The van der Waals surface area contributed by atoms with Crippen molar-refractivity contribution in [3.8, 4) is 5.69 Å². The fourth-order valence-corrected chi connectivity index (χ4v) is 3.71. The van der Waals surface area contributed by atoms with Crippen LogP contribution >= 0.6 is 11.6 Å². The molecule has 3 aromatic rings. The number of rotatable bonds is 7. The Labute approximate surface area is 176 Å². The number of hydrogen-bond donors (Lipinski definition) is 2. The van der Waals surface area contributed by atoms with Crippen LogP contribution in [0, 0.1) is 5.92 Å². The SMILES string of the molecule is CN1CCC(CNc2ccc(CNc3cnn(-c4cccc(Cl)c4)c3)cn2)CC1. The van der Waals surface area contributed by atoms with Crippen LogP contribution < -0.4 is 10.6 Å². The Morgan fingerprint density at radius 1 is 1.10 bits per heavy atom. The van der Waals surface area contributed by atoms with Gasteiger partial charge in [-0.1, -0.05) is 23.7 Å². The van der Waals surface area contributed by atoms with Gasteiger partial charge in [0.25, 0.3) is 0 Å². The molecule has 0 radical (unpaired) electrons. The summed E-state index contributed by atoms with van der Waals surface area (Å²) in [6, 6.07) is 11.8. The van der Waals surface area contributed by atoms with Gasteiger partial charge in [0, 0.05) is 24.3 Å². The molecule has 2 aromatic heterocycles. The van der Waals surface area contributed by atoms with Crippen molar-refractivity contribution in [2.45, 2.75) is 19.4 Å². The molecule has 0 atom stereocenters. The first-order valence-electron chi connectivity index (χ1n) is 10.1. The average Bonchev–Trinajstić information content (AvgIpc) is 3.22. The average molecular weight is 411 g/mol. The third-order valence-corrected chi connectivity index (χ3v) is 5.62. The van der Waals surface area contributed by atoms with E-state index in [-0.39, 0.29) is 0 Å². The number of likely N-dealkylation sites (tertiary alicyclic amines) is 1. The number of nitrogens with one attached hydrogen (secondary N) is 2. The maximum atomic E-state index is 6.06. The highest BCUT2D eigenvalue weighted by atomic mass is 35.5. The lowest BCUT2D eigenvalue weighted by Gasteiger charge is -2.29. The molecule has 3 heterocycles. The van der Waals surface area contributed by atoms with Crippen molar-refractivity contribution >= 4 is 23.1 Å². The zero-order valence-corrected chi connectivity index (χ0v) is 17.4. The van der Waals surface area contributed by atoms with Gasteiger partial charge in [0.2, 0.25) is 0 Å². The van der Waals surface area contributed by atoms with Crippen molar-refractivity contribution in [3.05, 3.63) is 65.6 Å².